The van der Waals surface area contributed by atoms with Crippen LogP contribution in [0.5, 0.6) is 0 Å². The van der Waals surface area contributed by atoms with Gasteiger partial charge in [-0.15, -0.1) is 0 Å². The molecule has 1 N–H and O–H groups in total. The first-order valence-corrected chi connectivity index (χ1v) is 11.4. The molecule has 0 radical (unpaired) electrons. The molecule has 1 fully saturated rings. The Morgan fingerprint density at radius 1 is 1.27 bits per heavy atom. The summed E-state index contributed by atoms with van der Waals surface area (Å²) in [5.41, 5.74) is 1.44. The number of fused-ring (bicyclic) bond motifs is 1. The van der Waals surface area contributed by atoms with Gasteiger partial charge in [0.05, 0.1) is 5.52 Å². The number of nitrogens with zero attached hydrogens (tertiary/aromatic N) is 3. The van der Waals surface area contributed by atoms with E-state index in [-0.39, 0.29) is 22.1 Å². The smallest absolute Gasteiger partial charge is 0.408 e. The molecule has 2 aromatic heterocycles. The molecule has 11 heteroatoms. The van der Waals surface area contributed by atoms with Crippen molar-refractivity contribution in [1.82, 2.24) is 13.9 Å². The van der Waals surface area contributed by atoms with Gasteiger partial charge < -0.3 is 4.42 Å². The maximum absolute atomic E-state index is 14.7. The molecule has 2 atom stereocenters. The quantitative estimate of drug-likeness (QED) is 0.487. The number of benzene rings is 2. The number of aromatic nitrogens is 3. The van der Waals surface area contributed by atoms with E-state index in [1.807, 2.05) is 30.3 Å². The minimum absolute atomic E-state index is 0.00852. The fourth-order valence-electron chi connectivity index (χ4n) is 3.62. The summed E-state index contributed by atoms with van der Waals surface area (Å²) in [4.78, 5) is 15.5. The molecule has 2 unspecified atom stereocenters. The van der Waals surface area contributed by atoms with Crippen molar-refractivity contribution in [1.29, 1.82) is 0 Å². The van der Waals surface area contributed by atoms with Gasteiger partial charge in [0.2, 0.25) is 5.13 Å². The number of halogens is 1. The van der Waals surface area contributed by atoms with Crippen LogP contribution >= 0.6 is 11.5 Å². The second-order valence-electron chi connectivity index (χ2n) is 7.09. The van der Waals surface area contributed by atoms with Crippen molar-refractivity contribution in [3.63, 3.8) is 0 Å². The molecule has 0 amide bonds. The monoisotopic (exact) mass is 446 g/mol. The van der Waals surface area contributed by atoms with E-state index >= 15 is 0 Å². The first-order chi connectivity index (χ1) is 14.4. The molecule has 30 heavy (non-hydrogen) atoms. The van der Waals surface area contributed by atoms with Gasteiger partial charge in [-0.2, -0.15) is 4.37 Å². The summed E-state index contributed by atoms with van der Waals surface area (Å²) in [5.74, 6) is -1.06. The molecule has 2 aromatic carbocycles. The Bertz CT molecular complexity index is 1380. The van der Waals surface area contributed by atoms with E-state index in [1.54, 1.807) is 0 Å². The number of hydrogen-bond acceptors (Lipinski definition) is 7. The Kier molecular flexibility index (Phi) is 4.44. The predicted octanol–water partition coefficient (Wildman–Crippen LogP) is 3.19. The van der Waals surface area contributed by atoms with E-state index in [2.05, 4.69) is 14.1 Å². The van der Waals surface area contributed by atoms with Crippen LogP contribution in [-0.4, -0.2) is 22.3 Å². The summed E-state index contributed by atoms with van der Waals surface area (Å²) in [6, 6.07) is 12.0. The van der Waals surface area contributed by atoms with Gasteiger partial charge in [-0.1, -0.05) is 30.3 Å². The van der Waals surface area contributed by atoms with Gasteiger partial charge in [-0.25, -0.2) is 22.6 Å². The maximum Gasteiger partial charge on any atom is 0.419 e. The van der Waals surface area contributed by atoms with Gasteiger partial charge >= 0.3 is 5.76 Å². The lowest BCUT2D eigenvalue weighted by Crippen LogP contribution is -2.16. The van der Waals surface area contributed by atoms with Crippen LogP contribution < -0.4 is 10.5 Å². The molecule has 0 saturated heterocycles. The largest absolute Gasteiger partial charge is 0.419 e. The number of hydrogen-bond donors (Lipinski definition) is 1. The van der Waals surface area contributed by atoms with Gasteiger partial charge in [0, 0.05) is 30.2 Å². The Hall–Kier alpha value is -3.05. The van der Waals surface area contributed by atoms with Crippen molar-refractivity contribution in [2.24, 2.45) is 5.92 Å². The van der Waals surface area contributed by atoms with Crippen LogP contribution in [-0.2, 0) is 16.6 Å². The highest BCUT2D eigenvalue weighted by atomic mass is 32.2. The van der Waals surface area contributed by atoms with E-state index < -0.39 is 26.5 Å². The number of anilines is 1. The third-order valence-electron chi connectivity index (χ3n) is 5.16. The number of oxazole rings is 1. The van der Waals surface area contributed by atoms with E-state index in [9.17, 15) is 17.6 Å². The second-order valence-corrected chi connectivity index (χ2v) is 9.52. The maximum atomic E-state index is 14.7. The Morgan fingerprint density at radius 2 is 2.07 bits per heavy atom. The fraction of sp³-hybridized carbons (Fsp3) is 0.211. The highest BCUT2D eigenvalue weighted by Crippen LogP contribution is 2.48. The van der Waals surface area contributed by atoms with Crippen LogP contribution in [0.2, 0.25) is 0 Å². The first-order valence-electron chi connectivity index (χ1n) is 9.10. The molecule has 1 aliphatic carbocycles. The zero-order valence-electron chi connectivity index (χ0n) is 15.4. The Labute approximate surface area is 174 Å². The highest BCUT2D eigenvalue weighted by Gasteiger charge is 2.39. The molecule has 0 spiro atoms. The van der Waals surface area contributed by atoms with E-state index in [0.717, 1.165) is 30.1 Å². The Balaban J connectivity index is 1.45. The summed E-state index contributed by atoms with van der Waals surface area (Å²) >= 11 is 0.821. The summed E-state index contributed by atoms with van der Waals surface area (Å²) in [5, 5.41) is 0.00852. The van der Waals surface area contributed by atoms with Crippen LogP contribution in [0.3, 0.4) is 0 Å². The number of sulfonamides is 1. The molecule has 8 nitrogen and oxygen atoms in total. The van der Waals surface area contributed by atoms with Crippen molar-refractivity contribution < 1.29 is 17.2 Å². The highest BCUT2D eigenvalue weighted by molar-refractivity contribution is 7.93. The molecule has 0 bridgehead atoms. The predicted molar refractivity (Wildman–Crippen MR) is 108 cm³/mol. The lowest BCUT2D eigenvalue weighted by molar-refractivity contribution is 0.488. The van der Waals surface area contributed by atoms with Crippen LogP contribution in [0.15, 0.2) is 62.9 Å². The van der Waals surface area contributed by atoms with E-state index in [4.69, 9.17) is 4.42 Å². The van der Waals surface area contributed by atoms with Gasteiger partial charge in [0.15, 0.2) is 5.58 Å². The first kappa shape index (κ1) is 18.9. The van der Waals surface area contributed by atoms with Crippen LogP contribution in [0, 0.1) is 11.7 Å². The third-order valence-corrected chi connectivity index (χ3v) is 7.23. The molecular weight excluding hydrogens is 431 g/mol. The van der Waals surface area contributed by atoms with Gasteiger partial charge in [0.1, 0.15) is 17.0 Å². The van der Waals surface area contributed by atoms with Gasteiger partial charge in [0.25, 0.3) is 10.0 Å². The average molecular weight is 446 g/mol. The minimum atomic E-state index is -4.25. The van der Waals surface area contributed by atoms with Crippen molar-refractivity contribution in [3.8, 4) is 0 Å². The van der Waals surface area contributed by atoms with Gasteiger partial charge in [-0.3, -0.25) is 9.29 Å². The molecule has 0 aliphatic heterocycles. The SMILES string of the molecule is O=c1oc2cc(S(=O)(=O)Nc3ncns3)c(F)cc2n1CC1CC1c1ccccc1. The molecule has 154 valence electrons. The number of nitrogens with one attached hydrogen (secondary N) is 1. The zero-order chi connectivity index (χ0) is 20.9. The summed E-state index contributed by atoms with van der Waals surface area (Å²) < 4.78 is 52.2. The number of rotatable bonds is 6. The molecule has 4 aromatic rings. The van der Waals surface area contributed by atoms with Crippen LogP contribution in [0.25, 0.3) is 11.1 Å². The molecular formula is C19H15FN4O4S2. The van der Waals surface area contributed by atoms with Crippen LogP contribution in [0.1, 0.15) is 17.9 Å². The minimum Gasteiger partial charge on any atom is -0.408 e. The molecule has 1 saturated carbocycles. The van der Waals surface area contributed by atoms with E-state index in [0.29, 0.717) is 12.5 Å². The molecule has 2 heterocycles. The summed E-state index contributed by atoms with van der Waals surface area (Å²) in [6.45, 7) is 0.375. The normalized spacial score (nSPS) is 18.6. The Morgan fingerprint density at radius 3 is 2.80 bits per heavy atom. The topological polar surface area (TPSA) is 107 Å². The standard InChI is InChI=1S/C19H15FN4O4S2/c20-14-7-15-16(8-17(14)30(26,27)23-18-21-10-22-29-18)28-19(25)24(15)9-12-6-13(12)11-4-2-1-3-5-11/h1-5,7-8,10,12-13H,6,9H2,(H,21,22,23). The van der Waals surface area contributed by atoms with Crippen molar-refractivity contribution >= 4 is 37.8 Å². The van der Waals surface area contributed by atoms with Crippen molar-refractivity contribution in [2.75, 3.05) is 4.72 Å². The zero-order valence-corrected chi connectivity index (χ0v) is 17.0. The molecule has 1 aliphatic rings. The van der Waals surface area contributed by atoms with Crippen molar-refractivity contribution in [2.45, 2.75) is 23.8 Å². The van der Waals surface area contributed by atoms with Crippen LogP contribution in [0.4, 0.5) is 9.52 Å². The lowest BCUT2D eigenvalue weighted by Gasteiger charge is -2.07. The lowest BCUT2D eigenvalue weighted by atomic mass is 10.1. The van der Waals surface area contributed by atoms with E-state index in [1.165, 1.54) is 16.5 Å². The fourth-order valence-corrected chi connectivity index (χ4v) is 5.36. The average Bonchev–Trinajstić information content (AvgIpc) is 3.19. The second kappa shape index (κ2) is 7.03. The van der Waals surface area contributed by atoms with Gasteiger partial charge in [-0.05, 0) is 23.8 Å². The summed E-state index contributed by atoms with van der Waals surface area (Å²) in [6.07, 6.45) is 2.10. The third kappa shape index (κ3) is 3.39. The van der Waals surface area contributed by atoms with Crippen molar-refractivity contribution in [3.05, 3.63) is 70.7 Å². The molecule has 5 rings (SSSR count). The summed E-state index contributed by atoms with van der Waals surface area (Å²) in [7, 11) is -4.25.